The van der Waals surface area contributed by atoms with Gasteiger partial charge in [0.1, 0.15) is 5.75 Å². The van der Waals surface area contributed by atoms with E-state index in [0.717, 1.165) is 0 Å². The van der Waals surface area contributed by atoms with E-state index in [4.69, 9.17) is 5.26 Å². The van der Waals surface area contributed by atoms with Crippen molar-refractivity contribution in [1.82, 2.24) is 0 Å². The lowest BCUT2D eigenvalue weighted by atomic mass is 10.0. The van der Waals surface area contributed by atoms with E-state index in [-0.39, 0.29) is 5.75 Å². The smallest absolute Gasteiger partial charge is 0.120 e. The van der Waals surface area contributed by atoms with Crippen LogP contribution in [-0.4, -0.2) is 5.11 Å². The second-order valence-corrected chi connectivity index (χ2v) is 2.41. The molecule has 0 spiro atoms. The van der Waals surface area contributed by atoms with Gasteiger partial charge in [-0.15, -0.1) is 6.58 Å². The van der Waals surface area contributed by atoms with E-state index < -0.39 is 0 Å². The molecule has 2 nitrogen and oxygen atoms in total. The standard InChI is InChI=1S/C10H9NO/c1-2-4-9-8(7-11)5-3-6-10(9)12/h2-3,5-6,12H,1,4H2. The Bertz CT molecular complexity index is 336. The summed E-state index contributed by atoms with van der Waals surface area (Å²) in [5.41, 5.74) is 1.16. The van der Waals surface area contributed by atoms with Crippen molar-refractivity contribution in [2.24, 2.45) is 0 Å². The monoisotopic (exact) mass is 159 g/mol. The van der Waals surface area contributed by atoms with Crippen LogP contribution in [0.25, 0.3) is 0 Å². The molecule has 1 aromatic carbocycles. The van der Waals surface area contributed by atoms with Crippen LogP contribution in [0.1, 0.15) is 11.1 Å². The maximum Gasteiger partial charge on any atom is 0.120 e. The number of allylic oxidation sites excluding steroid dienone is 1. The molecular formula is C10H9NO. The van der Waals surface area contributed by atoms with Crippen LogP contribution in [0.4, 0.5) is 0 Å². The fourth-order valence-electron chi connectivity index (χ4n) is 1.04. The van der Waals surface area contributed by atoms with Crippen molar-refractivity contribution in [3.8, 4) is 11.8 Å². The highest BCUT2D eigenvalue weighted by Gasteiger charge is 2.03. The summed E-state index contributed by atoms with van der Waals surface area (Å²) < 4.78 is 0. The highest BCUT2D eigenvalue weighted by atomic mass is 16.3. The Hall–Kier alpha value is -1.75. The number of aromatic hydroxyl groups is 1. The first-order valence-electron chi connectivity index (χ1n) is 3.61. The van der Waals surface area contributed by atoms with Gasteiger partial charge in [-0.2, -0.15) is 5.26 Å². The van der Waals surface area contributed by atoms with E-state index in [0.29, 0.717) is 17.5 Å². The first kappa shape index (κ1) is 8.35. The maximum absolute atomic E-state index is 9.35. The van der Waals surface area contributed by atoms with Crippen molar-refractivity contribution in [2.75, 3.05) is 0 Å². The second-order valence-electron chi connectivity index (χ2n) is 2.41. The van der Waals surface area contributed by atoms with Crippen molar-refractivity contribution in [1.29, 1.82) is 5.26 Å². The number of hydrogen-bond donors (Lipinski definition) is 1. The van der Waals surface area contributed by atoms with Gasteiger partial charge in [-0.05, 0) is 18.6 Å². The molecule has 0 saturated carbocycles. The van der Waals surface area contributed by atoms with Crippen LogP contribution >= 0.6 is 0 Å². The summed E-state index contributed by atoms with van der Waals surface area (Å²) in [4.78, 5) is 0. The molecule has 0 radical (unpaired) electrons. The zero-order valence-corrected chi connectivity index (χ0v) is 6.62. The molecule has 0 fully saturated rings. The van der Waals surface area contributed by atoms with Crippen molar-refractivity contribution < 1.29 is 5.11 Å². The lowest BCUT2D eigenvalue weighted by Gasteiger charge is -2.02. The van der Waals surface area contributed by atoms with Crippen molar-refractivity contribution in [3.05, 3.63) is 42.0 Å². The summed E-state index contributed by atoms with van der Waals surface area (Å²) in [6, 6.07) is 6.91. The molecule has 1 aromatic rings. The quantitative estimate of drug-likeness (QED) is 0.670. The minimum absolute atomic E-state index is 0.161. The normalized spacial score (nSPS) is 8.92. The van der Waals surface area contributed by atoms with Crippen molar-refractivity contribution >= 4 is 0 Å². The van der Waals surface area contributed by atoms with Crippen molar-refractivity contribution in [2.45, 2.75) is 6.42 Å². The number of rotatable bonds is 2. The van der Waals surface area contributed by atoms with Crippen LogP contribution in [0, 0.1) is 11.3 Å². The van der Waals surface area contributed by atoms with E-state index in [2.05, 4.69) is 6.58 Å². The molecule has 0 aromatic heterocycles. The van der Waals surface area contributed by atoms with Gasteiger partial charge in [0, 0.05) is 5.56 Å². The third kappa shape index (κ3) is 1.46. The molecule has 1 N–H and O–H groups in total. The molecule has 0 bridgehead atoms. The van der Waals surface area contributed by atoms with Crippen LogP contribution in [-0.2, 0) is 6.42 Å². The fraction of sp³-hybridized carbons (Fsp3) is 0.100. The SMILES string of the molecule is C=CCc1c(O)cccc1C#N. The number of nitriles is 1. The van der Waals surface area contributed by atoms with E-state index in [1.807, 2.05) is 6.07 Å². The Morgan fingerprint density at radius 2 is 2.33 bits per heavy atom. The summed E-state index contributed by atoms with van der Waals surface area (Å²) in [6.07, 6.45) is 2.19. The number of hydrogen-bond acceptors (Lipinski definition) is 2. The van der Waals surface area contributed by atoms with Gasteiger partial charge in [0.2, 0.25) is 0 Å². The Labute approximate surface area is 71.4 Å². The third-order valence-corrected chi connectivity index (χ3v) is 1.62. The van der Waals surface area contributed by atoms with Gasteiger partial charge < -0.3 is 5.11 Å². The second kappa shape index (κ2) is 3.59. The van der Waals surface area contributed by atoms with Crippen molar-refractivity contribution in [3.63, 3.8) is 0 Å². The largest absolute Gasteiger partial charge is 0.508 e. The molecule has 0 aliphatic carbocycles. The Kier molecular flexibility index (Phi) is 2.49. The lowest BCUT2D eigenvalue weighted by molar-refractivity contribution is 0.469. The minimum atomic E-state index is 0.161. The molecule has 0 aliphatic heterocycles. The molecule has 60 valence electrons. The zero-order chi connectivity index (χ0) is 8.97. The van der Waals surface area contributed by atoms with Gasteiger partial charge in [-0.3, -0.25) is 0 Å². The molecule has 1 rings (SSSR count). The van der Waals surface area contributed by atoms with E-state index in [1.165, 1.54) is 0 Å². The first-order valence-corrected chi connectivity index (χ1v) is 3.61. The van der Waals surface area contributed by atoms with Gasteiger partial charge in [0.25, 0.3) is 0 Å². The molecule has 0 heterocycles. The van der Waals surface area contributed by atoms with Gasteiger partial charge in [-0.1, -0.05) is 12.1 Å². The molecule has 0 amide bonds. The van der Waals surface area contributed by atoms with Crippen LogP contribution in [0.15, 0.2) is 30.9 Å². The summed E-state index contributed by atoms with van der Waals surface area (Å²) in [5, 5.41) is 18.0. The molecule has 0 aliphatic rings. The van der Waals surface area contributed by atoms with E-state index in [1.54, 1.807) is 24.3 Å². The molecular weight excluding hydrogens is 150 g/mol. The van der Waals surface area contributed by atoms with Gasteiger partial charge >= 0.3 is 0 Å². The van der Waals surface area contributed by atoms with Gasteiger partial charge in [0.05, 0.1) is 11.6 Å². The summed E-state index contributed by atoms with van der Waals surface area (Å²) in [7, 11) is 0. The van der Waals surface area contributed by atoms with Gasteiger partial charge in [-0.25, -0.2) is 0 Å². The lowest BCUT2D eigenvalue weighted by Crippen LogP contribution is -1.87. The molecule has 0 saturated heterocycles. The number of benzene rings is 1. The first-order chi connectivity index (χ1) is 5.79. The predicted molar refractivity (Wildman–Crippen MR) is 46.7 cm³/mol. The molecule has 0 atom stereocenters. The number of phenols is 1. The molecule has 12 heavy (non-hydrogen) atoms. The highest BCUT2D eigenvalue weighted by Crippen LogP contribution is 2.20. The Balaban J connectivity index is 3.21. The number of nitrogens with zero attached hydrogens (tertiary/aromatic N) is 1. The van der Waals surface area contributed by atoms with Crippen LogP contribution in [0.3, 0.4) is 0 Å². The van der Waals surface area contributed by atoms with Crippen LogP contribution in [0.5, 0.6) is 5.75 Å². The average Bonchev–Trinajstić information content (AvgIpc) is 2.09. The van der Waals surface area contributed by atoms with Crippen LogP contribution < -0.4 is 0 Å². The number of phenolic OH excluding ortho intramolecular Hbond substituents is 1. The topological polar surface area (TPSA) is 44.0 Å². The van der Waals surface area contributed by atoms with E-state index >= 15 is 0 Å². The average molecular weight is 159 g/mol. The predicted octanol–water partition coefficient (Wildman–Crippen LogP) is 1.99. The summed E-state index contributed by atoms with van der Waals surface area (Å²) >= 11 is 0. The summed E-state index contributed by atoms with van der Waals surface area (Å²) in [5.74, 6) is 0.161. The summed E-state index contributed by atoms with van der Waals surface area (Å²) in [6.45, 7) is 3.55. The molecule has 0 unspecified atom stereocenters. The zero-order valence-electron chi connectivity index (χ0n) is 6.62. The maximum atomic E-state index is 9.35. The Morgan fingerprint density at radius 3 is 2.92 bits per heavy atom. The van der Waals surface area contributed by atoms with Gasteiger partial charge in [0.15, 0.2) is 0 Å². The van der Waals surface area contributed by atoms with Crippen LogP contribution in [0.2, 0.25) is 0 Å². The highest BCUT2D eigenvalue weighted by molar-refractivity contribution is 5.46. The third-order valence-electron chi connectivity index (χ3n) is 1.62. The molecule has 2 heteroatoms. The van der Waals surface area contributed by atoms with E-state index in [9.17, 15) is 5.11 Å². The minimum Gasteiger partial charge on any atom is -0.508 e. The fourth-order valence-corrected chi connectivity index (χ4v) is 1.04. The Morgan fingerprint density at radius 1 is 1.58 bits per heavy atom.